The molecule has 102 valence electrons. The van der Waals surface area contributed by atoms with Gasteiger partial charge >= 0.3 is 0 Å². The largest absolute Gasteiger partial charge is 0.339 e. The third-order valence-corrected chi connectivity index (χ3v) is 5.57. The molecule has 0 heterocycles. The van der Waals surface area contributed by atoms with Crippen LogP contribution in [0.4, 0.5) is 0 Å². The molecule has 0 N–H and O–H groups in total. The van der Waals surface area contributed by atoms with Crippen LogP contribution in [0.3, 0.4) is 0 Å². The zero-order valence-corrected chi connectivity index (χ0v) is 12.7. The lowest BCUT2D eigenvalue weighted by Gasteiger charge is -2.36. The minimum atomic E-state index is 0.370. The van der Waals surface area contributed by atoms with Crippen LogP contribution in [0, 0.1) is 17.8 Å². The van der Waals surface area contributed by atoms with Gasteiger partial charge in [-0.15, -0.1) is 0 Å². The number of hydrogen-bond donors (Lipinski definition) is 0. The van der Waals surface area contributed by atoms with Gasteiger partial charge in [0.05, 0.1) is 0 Å². The maximum absolute atomic E-state index is 12.7. The molecule has 3 aliphatic rings. The van der Waals surface area contributed by atoms with E-state index >= 15 is 0 Å². The number of carbonyl (C=O) groups excluding carboxylic acids is 1. The second-order valence-corrected chi connectivity index (χ2v) is 7.23. The molecule has 3 saturated carbocycles. The fraction of sp³-hybridized carbons (Fsp3) is 0.933. The Morgan fingerprint density at radius 3 is 2.33 bits per heavy atom. The van der Waals surface area contributed by atoms with Gasteiger partial charge in [0.15, 0.2) is 0 Å². The van der Waals surface area contributed by atoms with Gasteiger partial charge in [0, 0.05) is 23.8 Å². The summed E-state index contributed by atoms with van der Waals surface area (Å²) in [4.78, 5) is 14.9. The van der Waals surface area contributed by atoms with Gasteiger partial charge in [-0.3, -0.25) is 4.79 Å². The molecule has 1 amide bonds. The van der Waals surface area contributed by atoms with Crippen LogP contribution in [0.1, 0.15) is 51.4 Å². The number of fused-ring (bicyclic) bond motifs is 1. The number of amides is 1. The van der Waals surface area contributed by atoms with E-state index in [9.17, 15) is 4.79 Å². The summed E-state index contributed by atoms with van der Waals surface area (Å²) in [6.45, 7) is 0.912. The molecule has 0 saturated heterocycles. The first kappa shape index (κ1) is 13.0. The van der Waals surface area contributed by atoms with Crippen molar-refractivity contribution < 1.29 is 4.79 Å². The summed E-state index contributed by atoms with van der Waals surface area (Å²) in [5.41, 5.74) is 0. The molecule has 3 aliphatic carbocycles. The fourth-order valence-corrected chi connectivity index (χ4v) is 4.49. The van der Waals surface area contributed by atoms with Crippen LogP contribution in [0.2, 0.25) is 0 Å². The van der Waals surface area contributed by atoms with Gasteiger partial charge in [0.1, 0.15) is 0 Å². The lowest BCUT2D eigenvalue weighted by molar-refractivity contribution is -0.138. The monoisotopic (exact) mass is 313 g/mol. The van der Waals surface area contributed by atoms with Crippen LogP contribution in [-0.2, 0) is 4.79 Å². The molecular formula is C15H24BrNO. The van der Waals surface area contributed by atoms with Crippen molar-refractivity contribution in [1.82, 2.24) is 4.90 Å². The van der Waals surface area contributed by atoms with Crippen LogP contribution in [-0.4, -0.2) is 28.7 Å². The van der Waals surface area contributed by atoms with Crippen LogP contribution >= 0.6 is 15.9 Å². The Balaban J connectivity index is 1.62. The summed E-state index contributed by atoms with van der Waals surface area (Å²) in [7, 11) is 0. The molecule has 2 nitrogen and oxygen atoms in total. The van der Waals surface area contributed by atoms with E-state index in [4.69, 9.17) is 0 Å². The lowest BCUT2D eigenvalue weighted by Crippen LogP contribution is -2.45. The first-order chi connectivity index (χ1) is 8.79. The summed E-state index contributed by atoms with van der Waals surface area (Å²) >= 11 is 3.52. The molecule has 0 aliphatic heterocycles. The van der Waals surface area contributed by atoms with E-state index < -0.39 is 0 Å². The molecule has 3 heteroatoms. The predicted molar refractivity (Wildman–Crippen MR) is 76.7 cm³/mol. The van der Waals surface area contributed by atoms with Gasteiger partial charge in [-0.25, -0.2) is 0 Å². The molecule has 0 aromatic rings. The van der Waals surface area contributed by atoms with Crippen molar-refractivity contribution in [3.63, 3.8) is 0 Å². The highest BCUT2D eigenvalue weighted by atomic mass is 79.9. The molecule has 0 bridgehead atoms. The Bertz CT molecular complexity index is 304. The van der Waals surface area contributed by atoms with Crippen molar-refractivity contribution in [2.75, 3.05) is 11.9 Å². The molecule has 0 aromatic heterocycles. The standard InChI is InChI=1S/C15H24BrNO/c16-6-7-17(14-4-2-1-3-5-14)15(18)13-9-11-8-12(11)10-13/h11-14H,1-10H2. The number of nitrogens with zero attached hydrogens (tertiary/aromatic N) is 1. The minimum absolute atomic E-state index is 0.370. The zero-order chi connectivity index (χ0) is 12.5. The van der Waals surface area contributed by atoms with Crippen LogP contribution < -0.4 is 0 Å². The molecule has 2 atom stereocenters. The molecule has 3 fully saturated rings. The third kappa shape index (κ3) is 2.61. The van der Waals surface area contributed by atoms with Gasteiger partial charge in [-0.2, -0.15) is 0 Å². The van der Waals surface area contributed by atoms with E-state index in [0.717, 1.165) is 23.7 Å². The fourth-order valence-electron chi connectivity index (χ4n) is 4.11. The number of carbonyl (C=O) groups is 1. The summed E-state index contributed by atoms with van der Waals surface area (Å²) in [5.74, 6) is 2.68. The third-order valence-electron chi connectivity index (χ3n) is 5.22. The molecular weight excluding hydrogens is 290 g/mol. The van der Waals surface area contributed by atoms with Gasteiger partial charge in [0.2, 0.25) is 5.91 Å². The Labute approximate surface area is 119 Å². The maximum Gasteiger partial charge on any atom is 0.225 e. The summed E-state index contributed by atoms with van der Waals surface area (Å²) in [6.07, 6.45) is 10.2. The molecule has 0 spiro atoms. The number of halogens is 1. The van der Waals surface area contributed by atoms with Crippen molar-refractivity contribution in [2.45, 2.75) is 57.4 Å². The first-order valence-electron chi connectivity index (χ1n) is 7.66. The minimum Gasteiger partial charge on any atom is -0.339 e. The van der Waals surface area contributed by atoms with Gasteiger partial charge in [-0.1, -0.05) is 35.2 Å². The van der Waals surface area contributed by atoms with Crippen molar-refractivity contribution in [1.29, 1.82) is 0 Å². The van der Waals surface area contributed by atoms with E-state index in [0.29, 0.717) is 17.9 Å². The molecule has 18 heavy (non-hydrogen) atoms. The van der Waals surface area contributed by atoms with E-state index in [-0.39, 0.29) is 0 Å². The molecule has 3 rings (SSSR count). The van der Waals surface area contributed by atoms with Gasteiger partial charge < -0.3 is 4.90 Å². The zero-order valence-electron chi connectivity index (χ0n) is 11.1. The Hall–Kier alpha value is -0.0500. The van der Waals surface area contributed by atoms with E-state index in [1.165, 1.54) is 51.4 Å². The summed E-state index contributed by atoms with van der Waals surface area (Å²) in [6, 6.07) is 0.542. The highest BCUT2D eigenvalue weighted by Crippen LogP contribution is 2.54. The highest BCUT2D eigenvalue weighted by molar-refractivity contribution is 9.09. The summed E-state index contributed by atoms with van der Waals surface area (Å²) < 4.78 is 0. The summed E-state index contributed by atoms with van der Waals surface area (Å²) in [5, 5.41) is 0.925. The number of hydrogen-bond acceptors (Lipinski definition) is 1. The van der Waals surface area contributed by atoms with Crippen LogP contribution in [0.15, 0.2) is 0 Å². The predicted octanol–water partition coefficient (Wildman–Crippen LogP) is 3.59. The van der Waals surface area contributed by atoms with Crippen LogP contribution in [0.25, 0.3) is 0 Å². The van der Waals surface area contributed by atoms with Crippen molar-refractivity contribution in [3.8, 4) is 0 Å². The molecule has 0 radical (unpaired) electrons. The average molecular weight is 314 g/mol. The first-order valence-corrected chi connectivity index (χ1v) is 8.78. The van der Waals surface area contributed by atoms with E-state index in [1.54, 1.807) is 0 Å². The second kappa shape index (κ2) is 5.52. The maximum atomic E-state index is 12.7. The number of alkyl halides is 1. The number of rotatable bonds is 4. The Kier molecular flexibility index (Phi) is 3.97. The van der Waals surface area contributed by atoms with Crippen molar-refractivity contribution >= 4 is 21.8 Å². The van der Waals surface area contributed by atoms with Crippen molar-refractivity contribution in [2.24, 2.45) is 17.8 Å². The lowest BCUT2D eigenvalue weighted by atomic mass is 9.92. The molecule has 0 aromatic carbocycles. The van der Waals surface area contributed by atoms with Gasteiger partial charge in [-0.05, 0) is 43.9 Å². The normalized spacial score (nSPS) is 35.3. The van der Waals surface area contributed by atoms with E-state index in [1.807, 2.05) is 0 Å². The molecule has 2 unspecified atom stereocenters. The topological polar surface area (TPSA) is 20.3 Å². The quantitative estimate of drug-likeness (QED) is 0.726. The van der Waals surface area contributed by atoms with Crippen LogP contribution in [0.5, 0.6) is 0 Å². The Morgan fingerprint density at radius 2 is 1.72 bits per heavy atom. The van der Waals surface area contributed by atoms with E-state index in [2.05, 4.69) is 20.8 Å². The highest BCUT2D eigenvalue weighted by Gasteiger charge is 2.49. The second-order valence-electron chi connectivity index (χ2n) is 6.44. The van der Waals surface area contributed by atoms with Gasteiger partial charge in [0.25, 0.3) is 0 Å². The van der Waals surface area contributed by atoms with Crippen molar-refractivity contribution in [3.05, 3.63) is 0 Å². The smallest absolute Gasteiger partial charge is 0.225 e. The SMILES string of the molecule is O=C(C1CC2CC2C1)N(CCBr)C1CCCCC1. The Morgan fingerprint density at radius 1 is 1.06 bits per heavy atom. The average Bonchev–Trinajstić information content (AvgIpc) is 3.03.